The molecule has 0 saturated heterocycles. The van der Waals surface area contributed by atoms with Gasteiger partial charge in [-0.15, -0.1) is 0 Å². The number of carboxylic acid groups (broad SMARTS) is 1. The van der Waals surface area contributed by atoms with Gasteiger partial charge in [0.2, 0.25) is 5.95 Å². The van der Waals surface area contributed by atoms with Crippen molar-refractivity contribution in [3.8, 4) is 11.1 Å². The third-order valence-electron chi connectivity index (χ3n) is 6.21. The van der Waals surface area contributed by atoms with E-state index in [-0.39, 0.29) is 17.6 Å². The van der Waals surface area contributed by atoms with Gasteiger partial charge in [0.05, 0.1) is 17.8 Å². The molecule has 0 saturated carbocycles. The van der Waals surface area contributed by atoms with Crippen LogP contribution < -0.4 is 5.32 Å². The zero-order chi connectivity index (χ0) is 25.4. The maximum atomic E-state index is 13.0. The van der Waals surface area contributed by atoms with Crippen LogP contribution in [0, 0.1) is 6.92 Å². The van der Waals surface area contributed by atoms with E-state index in [0.717, 1.165) is 59.3 Å². The number of anilines is 2. The summed E-state index contributed by atoms with van der Waals surface area (Å²) in [5, 5.41) is 16.8. The van der Waals surface area contributed by atoms with E-state index in [1.807, 2.05) is 29.9 Å². The number of hydrogen-bond acceptors (Lipinski definition) is 5. The molecule has 2 aromatic carbocycles. The number of alkyl halides is 3. The number of halogens is 3. The maximum absolute atomic E-state index is 13.0. The average Bonchev–Trinajstić information content (AvgIpc) is 3.33. The Hall–Kier alpha value is -4.21. The number of aryl methyl sites for hydroxylation is 2. The smallest absolute Gasteiger partial charge is 0.433 e. The molecule has 10 heteroatoms. The summed E-state index contributed by atoms with van der Waals surface area (Å²) in [5.74, 6) is -1.11. The molecule has 5 rings (SSSR count). The molecule has 4 aromatic rings. The first-order valence-corrected chi connectivity index (χ1v) is 11.4. The van der Waals surface area contributed by atoms with E-state index >= 15 is 0 Å². The number of rotatable bonds is 5. The summed E-state index contributed by atoms with van der Waals surface area (Å²) in [6, 6.07) is 11.5. The molecule has 1 atom stereocenters. The lowest BCUT2D eigenvalue weighted by Crippen LogP contribution is -2.18. The molecule has 36 heavy (non-hydrogen) atoms. The minimum atomic E-state index is -4.56. The molecule has 2 N–H and O–H groups in total. The molecule has 0 radical (unpaired) electrons. The van der Waals surface area contributed by atoms with Crippen molar-refractivity contribution in [3.63, 3.8) is 0 Å². The van der Waals surface area contributed by atoms with Crippen molar-refractivity contribution in [3.05, 3.63) is 89.0 Å². The molecule has 1 aliphatic carbocycles. The number of fused-ring (bicyclic) bond motifs is 1. The van der Waals surface area contributed by atoms with Gasteiger partial charge in [0.25, 0.3) is 0 Å². The minimum Gasteiger partial charge on any atom is -0.478 e. The fourth-order valence-corrected chi connectivity index (χ4v) is 4.57. The molecule has 2 heterocycles. The standard InChI is InChI=1S/C26H22F3N5O2/c1-15-9-18(11-20(10-15)32-25-30-8-7-23(33-25)26(27,28)29)19-13-31-34(14-19)22-4-2-3-16-5-6-17(24(35)36)12-21(16)22/h5-14,22H,2-4H2,1H3,(H,35,36)(H,30,32,33). The zero-order valence-electron chi connectivity index (χ0n) is 19.3. The maximum Gasteiger partial charge on any atom is 0.433 e. The van der Waals surface area contributed by atoms with E-state index < -0.39 is 17.8 Å². The summed E-state index contributed by atoms with van der Waals surface area (Å²) in [6.45, 7) is 1.89. The van der Waals surface area contributed by atoms with Gasteiger partial charge in [-0.25, -0.2) is 14.8 Å². The van der Waals surface area contributed by atoms with Crippen LogP contribution in [0.3, 0.4) is 0 Å². The number of benzene rings is 2. The highest BCUT2D eigenvalue weighted by Crippen LogP contribution is 2.35. The number of carbonyl (C=O) groups is 1. The lowest BCUT2D eigenvalue weighted by Gasteiger charge is -2.26. The van der Waals surface area contributed by atoms with Gasteiger partial charge in [-0.2, -0.15) is 18.3 Å². The van der Waals surface area contributed by atoms with Gasteiger partial charge in [0.1, 0.15) is 5.69 Å². The molecule has 7 nitrogen and oxygen atoms in total. The number of aromatic nitrogens is 4. The minimum absolute atomic E-state index is 0.0808. The Kier molecular flexibility index (Phi) is 5.95. The second-order valence-corrected chi connectivity index (χ2v) is 8.81. The monoisotopic (exact) mass is 493 g/mol. The second-order valence-electron chi connectivity index (χ2n) is 8.81. The van der Waals surface area contributed by atoms with Crippen LogP contribution in [-0.2, 0) is 12.6 Å². The molecule has 0 fully saturated rings. The zero-order valence-corrected chi connectivity index (χ0v) is 19.3. The molecule has 1 unspecified atom stereocenters. The van der Waals surface area contributed by atoms with E-state index in [1.165, 1.54) is 0 Å². The number of aromatic carboxylic acids is 1. The Morgan fingerprint density at radius 3 is 2.75 bits per heavy atom. The Morgan fingerprint density at radius 2 is 1.97 bits per heavy atom. The molecular formula is C26H22F3N5O2. The Balaban J connectivity index is 1.44. The summed E-state index contributed by atoms with van der Waals surface area (Å²) >= 11 is 0. The summed E-state index contributed by atoms with van der Waals surface area (Å²) < 4.78 is 40.9. The molecule has 2 aromatic heterocycles. The van der Waals surface area contributed by atoms with E-state index in [2.05, 4.69) is 20.4 Å². The van der Waals surface area contributed by atoms with Gasteiger partial charge in [0, 0.05) is 23.6 Å². The van der Waals surface area contributed by atoms with Crippen molar-refractivity contribution in [1.29, 1.82) is 0 Å². The predicted molar refractivity (Wildman–Crippen MR) is 127 cm³/mol. The first kappa shape index (κ1) is 23.5. The van der Waals surface area contributed by atoms with Crippen molar-refractivity contribution >= 4 is 17.6 Å². The molecule has 0 amide bonds. The largest absolute Gasteiger partial charge is 0.478 e. The highest BCUT2D eigenvalue weighted by atomic mass is 19.4. The Morgan fingerprint density at radius 1 is 1.14 bits per heavy atom. The normalized spacial score (nSPS) is 15.4. The van der Waals surface area contributed by atoms with E-state index in [0.29, 0.717) is 5.69 Å². The molecule has 0 bridgehead atoms. The Labute approximate surface area is 204 Å². The lowest BCUT2D eigenvalue weighted by molar-refractivity contribution is -0.141. The quantitative estimate of drug-likeness (QED) is 0.352. The molecule has 1 aliphatic rings. The molecule has 0 aliphatic heterocycles. The number of nitrogens with zero attached hydrogens (tertiary/aromatic N) is 4. The summed E-state index contributed by atoms with van der Waals surface area (Å²) in [6.07, 6.45) is 2.84. The number of nitrogens with one attached hydrogen (secondary N) is 1. The van der Waals surface area contributed by atoms with Crippen molar-refractivity contribution in [2.45, 2.75) is 38.4 Å². The van der Waals surface area contributed by atoms with Crippen LogP contribution in [0.2, 0.25) is 0 Å². The van der Waals surface area contributed by atoms with Gasteiger partial charge in [-0.1, -0.05) is 12.1 Å². The third kappa shape index (κ3) is 4.79. The molecule has 0 spiro atoms. The molecule has 184 valence electrons. The van der Waals surface area contributed by atoms with E-state index in [9.17, 15) is 23.1 Å². The van der Waals surface area contributed by atoms with E-state index in [4.69, 9.17) is 0 Å². The fraction of sp³-hybridized carbons (Fsp3) is 0.231. The summed E-state index contributed by atoms with van der Waals surface area (Å²) in [7, 11) is 0. The van der Waals surface area contributed by atoms with Gasteiger partial charge in [0.15, 0.2) is 0 Å². The lowest BCUT2D eigenvalue weighted by atomic mass is 9.86. The average molecular weight is 493 g/mol. The van der Waals surface area contributed by atoms with Crippen LogP contribution in [-0.4, -0.2) is 30.8 Å². The Bertz CT molecular complexity index is 1450. The number of carboxylic acids is 1. The predicted octanol–water partition coefficient (Wildman–Crippen LogP) is 6.03. The van der Waals surface area contributed by atoms with Crippen LogP contribution in [0.4, 0.5) is 24.8 Å². The van der Waals surface area contributed by atoms with Crippen LogP contribution in [0.5, 0.6) is 0 Å². The van der Waals surface area contributed by atoms with Crippen LogP contribution in [0.1, 0.15) is 51.6 Å². The van der Waals surface area contributed by atoms with Crippen molar-refractivity contribution in [2.75, 3.05) is 5.32 Å². The van der Waals surface area contributed by atoms with Crippen LogP contribution in [0.25, 0.3) is 11.1 Å². The van der Waals surface area contributed by atoms with Crippen molar-refractivity contribution in [1.82, 2.24) is 19.7 Å². The van der Waals surface area contributed by atoms with Crippen LogP contribution in [0.15, 0.2) is 61.1 Å². The van der Waals surface area contributed by atoms with Gasteiger partial charge >= 0.3 is 12.1 Å². The van der Waals surface area contributed by atoms with Crippen molar-refractivity contribution in [2.24, 2.45) is 0 Å². The first-order valence-electron chi connectivity index (χ1n) is 11.4. The first-order chi connectivity index (χ1) is 17.2. The number of hydrogen-bond donors (Lipinski definition) is 2. The van der Waals surface area contributed by atoms with Crippen molar-refractivity contribution < 1.29 is 23.1 Å². The topological polar surface area (TPSA) is 92.9 Å². The summed E-state index contributed by atoms with van der Waals surface area (Å²) in [5.41, 5.74) is 4.40. The van der Waals surface area contributed by atoms with Gasteiger partial charge in [-0.3, -0.25) is 4.68 Å². The molecular weight excluding hydrogens is 471 g/mol. The van der Waals surface area contributed by atoms with E-state index in [1.54, 1.807) is 30.5 Å². The third-order valence-corrected chi connectivity index (χ3v) is 6.21. The van der Waals surface area contributed by atoms with Crippen LogP contribution >= 0.6 is 0 Å². The highest BCUT2D eigenvalue weighted by Gasteiger charge is 2.32. The highest BCUT2D eigenvalue weighted by molar-refractivity contribution is 5.88. The fourth-order valence-electron chi connectivity index (χ4n) is 4.57. The van der Waals surface area contributed by atoms with Gasteiger partial charge < -0.3 is 10.4 Å². The SMILES string of the molecule is Cc1cc(Nc2nccc(C(F)(F)F)n2)cc(-c2cnn(C3CCCc4ccc(C(=O)O)cc43)c2)c1. The summed E-state index contributed by atoms with van der Waals surface area (Å²) in [4.78, 5) is 19.0. The van der Waals surface area contributed by atoms with Gasteiger partial charge in [-0.05, 0) is 78.8 Å². The second kappa shape index (κ2) is 9.10.